The average Bonchev–Trinajstić information content (AvgIpc) is 2.73. The quantitative estimate of drug-likeness (QED) is 0.485. The lowest BCUT2D eigenvalue weighted by atomic mass is 10.1. The van der Waals surface area contributed by atoms with E-state index in [1.54, 1.807) is 24.5 Å². The van der Waals surface area contributed by atoms with Crippen LogP contribution in [0.25, 0.3) is 22.3 Å². The van der Waals surface area contributed by atoms with Crippen molar-refractivity contribution in [2.24, 2.45) is 0 Å². The van der Waals surface area contributed by atoms with Gasteiger partial charge in [-0.25, -0.2) is 9.97 Å². The van der Waals surface area contributed by atoms with Gasteiger partial charge in [0.25, 0.3) is 0 Å². The number of alkyl halides is 3. The summed E-state index contributed by atoms with van der Waals surface area (Å²) in [5.74, 6) is -0.205. The van der Waals surface area contributed by atoms with E-state index < -0.39 is 12.1 Å². The molecule has 2 aromatic heterocycles. The minimum absolute atomic E-state index is 0.0203. The van der Waals surface area contributed by atoms with Crippen molar-refractivity contribution in [1.82, 2.24) is 15.0 Å². The van der Waals surface area contributed by atoms with Crippen LogP contribution in [-0.4, -0.2) is 26.4 Å². The predicted molar refractivity (Wildman–Crippen MR) is 105 cm³/mol. The van der Waals surface area contributed by atoms with Crippen molar-refractivity contribution in [1.29, 1.82) is 0 Å². The lowest BCUT2D eigenvalue weighted by Crippen LogP contribution is -2.17. The van der Waals surface area contributed by atoms with Crippen molar-refractivity contribution in [3.05, 3.63) is 72.6 Å². The Morgan fingerprint density at radius 1 is 1.00 bits per heavy atom. The lowest BCUT2D eigenvalue weighted by Gasteiger charge is -2.13. The highest BCUT2D eigenvalue weighted by Crippen LogP contribution is 2.34. The van der Waals surface area contributed by atoms with Gasteiger partial charge in [-0.3, -0.25) is 4.98 Å². The highest BCUT2D eigenvalue weighted by molar-refractivity contribution is 5.91. The Morgan fingerprint density at radius 3 is 2.60 bits per heavy atom. The fourth-order valence-electron chi connectivity index (χ4n) is 2.91. The van der Waals surface area contributed by atoms with Crippen LogP contribution < -0.4 is 10.1 Å². The number of hydrogen-bond acceptors (Lipinski definition) is 6. The van der Waals surface area contributed by atoms with Crippen LogP contribution in [0.2, 0.25) is 0 Å². The fourth-order valence-corrected chi connectivity index (χ4v) is 2.91. The maximum atomic E-state index is 12.6. The Bertz CT molecular complexity index is 1180. The van der Waals surface area contributed by atoms with E-state index in [0.717, 1.165) is 29.1 Å². The third-order valence-electron chi connectivity index (χ3n) is 4.23. The van der Waals surface area contributed by atoms with E-state index in [2.05, 4.69) is 25.0 Å². The number of fused-ring (bicyclic) bond motifs is 1. The molecular formula is C21H15F3N4O2. The van der Waals surface area contributed by atoms with Gasteiger partial charge in [-0.05, 0) is 42.0 Å². The minimum atomic E-state index is -4.85. The largest absolute Gasteiger partial charge is 0.573 e. The van der Waals surface area contributed by atoms with Crippen molar-refractivity contribution in [2.75, 3.05) is 5.32 Å². The molecule has 9 heteroatoms. The van der Waals surface area contributed by atoms with Gasteiger partial charge in [0.1, 0.15) is 17.3 Å². The number of ether oxygens (including phenoxy) is 1. The molecule has 2 aromatic carbocycles. The molecule has 6 nitrogen and oxygen atoms in total. The van der Waals surface area contributed by atoms with Gasteiger partial charge in [0.05, 0.1) is 11.1 Å². The van der Waals surface area contributed by atoms with E-state index in [9.17, 15) is 18.3 Å². The maximum absolute atomic E-state index is 12.6. The molecule has 0 unspecified atom stereocenters. The van der Waals surface area contributed by atoms with E-state index in [-0.39, 0.29) is 17.1 Å². The highest BCUT2D eigenvalue weighted by atomic mass is 19.4. The van der Waals surface area contributed by atoms with E-state index in [0.29, 0.717) is 17.9 Å². The molecule has 0 spiro atoms. The summed E-state index contributed by atoms with van der Waals surface area (Å²) in [6.45, 7) is 0.428. The Kier molecular flexibility index (Phi) is 5.09. The van der Waals surface area contributed by atoms with Crippen molar-refractivity contribution < 1.29 is 23.0 Å². The van der Waals surface area contributed by atoms with Gasteiger partial charge < -0.3 is 15.2 Å². The van der Waals surface area contributed by atoms with Crippen LogP contribution in [-0.2, 0) is 6.54 Å². The van der Waals surface area contributed by atoms with Gasteiger partial charge in [-0.15, -0.1) is 13.2 Å². The molecule has 0 saturated heterocycles. The third kappa shape index (κ3) is 4.40. The number of benzene rings is 2. The van der Waals surface area contributed by atoms with E-state index >= 15 is 0 Å². The van der Waals surface area contributed by atoms with Crippen LogP contribution in [0.3, 0.4) is 0 Å². The first kappa shape index (κ1) is 19.4. The predicted octanol–water partition coefficient (Wildman–Crippen LogP) is 4.91. The zero-order chi connectivity index (χ0) is 21.1. The number of phenols is 1. The second kappa shape index (κ2) is 7.86. The normalized spacial score (nSPS) is 11.4. The Balaban J connectivity index is 1.75. The number of nitrogens with zero attached hydrogens (tertiary/aromatic N) is 3. The number of phenolic OH excluding ortho intramolecular Hbond substituents is 1. The van der Waals surface area contributed by atoms with Gasteiger partial charge in [-0.1, -0.05) is 18.2 Å². The molecule has 2 N–H and O–H groups in total. The number of hydrogen-bond donors (Lipinski definition) is 2. The van der Waals surface area contributed by atoms with E-state index in [4.69, 9.17) is 0 Å². The molecule has 0 amide bonds. The molecule has 0 fully saturated rings. The summed E-state index contributed by atoms with van der Waals surface area (Å²) < 4.78 is 41.7. The van der Waals surface area contributed by atoms with Crippen molar-refractivity contribution in [3.8, 4) is 22.9 Å². The van der Waals surface area contributed by atoms with Crippen LogP contribution in [0.15, 0.2) is 67.0 Å². The smallest absolute Gasteiger partial charge is 0.507 e. The molecule has 4 rings (SSSR count). The molecule has 0 atom stereocenters. The van der Waals surface area contributed by atoms with Gasteiger partial charge in [-0.2, -0.15) is 0 Å². The molecular weight excluding hydrogens is 397 g/mol. The summed E-state index contributed by atoms with van der Waals surface area (Å²) in [5.41, 5.74) is 1.51. The van der Waals surface area contributed by atoms with Gasteiger partial charge in [0.15, 0.2) is 5.82 Å². The Labute approximate surface area is 169 Å². The van der Waals surface area contributed by atoms with Gasteiger partial charge >= 0.3 is 6.36 Å². The maximum Gasteiger partial charge on any atom is 0.573 e. The summed E-state index contributed by atoms with van der Waals surface area (Å²) in [7, 11) is 0. The number of aromatic nitrogens is 3. The molecule has 30 heavy (non-hydrogen) atoms. The number of anilines is 1. The second-order valence-corrected chi connectivity index (χ2v) is 6.35. The topological polar surface area (TPSA) is 80.2 Å². The molecule has 2 heterocycles. The van der Waals surface area contributed by atoms with Crippen LogP contribution >= 0.6 is 0 Å². The zero-order valence-electron chi connectivity index (χ0n) is 15.4. The number of nitrogens with one attached hydrogen (secondary N) is 1. The minimum Gasteiger partial charge on any atom is -0.507 e. The summed E-state index contributed by atoms with van der Waals surface area (Å²) in [5, 5.41) is 14.1. The SMILES string of the molecule is Oc1ccc(OC(F)(F)F)cc1-c1nc(NCc2cccnc2)c2ccccc2n1. The molecule has 4 aromatic rings. The first-order valence-corrected chi connectivity index (χ1v) is 8.88. The Morgan fingerprint density at radius 2 is 1.83 bits per heavy atom. The van der Waals surface area contributed by atoms with E-state index in [1.165, 1.54) is 0 Å². The number of rotatable bonds is 5. The molecule has 0 aliphatic heterocycles. The zero-order valence-corrected chi connectivity index (χ0v) is 15.4. The van der Waals surface area contributed by atoms with Crippen LogP contribution in [0.1, 0.15) is 5.56 Å². The number of pyridine rings is 1. The summed E-state index contributed by atoms with van der Waals surface area (Å²) in [4.78, 5) is 12.9. The van der Waals surface area contributed by atoms with Crippen molar-refractivity contribution in [3.63, 3.8) is 0 Å². The monoisotopic (exact) mass is 412 g/mol. The first-order valence-electron chi connectivity index (χ1n) is 8.88. The summed E-state index contributed by atoms with van der Waals surface area (Å²) in [6.07, 6.45) is -1.48. The number of halogens is 3. The molecule has 0 aliphatic carbocycles. The summed E-state index contributed by atoms with van der Waals surface area (Å²) >= 11 is 0. The molecule has 0 saturated carbocycles. The lowest BCUT2D eigenvalue weighted by molar-refractivity contribution is -0.274. The van der Waals surface area contributed by atoms with Crippen LogP contribution in [0.4, 0.5) is 19.0 Å². The van der Waals surface area contributed by atoms with Crippen LogP contribution in [0, 0.1) is 0 Å². The molecule has 0 bridgehead atoms. The van der Waals surface area contributed by atoms with Crippen molar-refractivity contribution >= 4 is 16.7 Å². The molecule has 0 aliphatic rings. The average molecular weight is 412 g/mol. The number of aromatic hydroxyl groups is 1. The van der Waals surface area contributed by atoms with Crippen LogP contribution in [0.5, 0.6) is 11.5 Å². The van der Waals surface area contributed by atoms with Crippen molar-refractivity contribution in [2.45, 2.75) is 12.9 Å². The molecule has 0 radical (unpaired) electrons. The van der Waals surface area contributed by atoms with E-state index in [1.807, 2.05) is 24.3 Å². The standard InChI is InChI=1S/C21H15F3N4O2/c22-21(23,24)30-14-7-8-18(29)16(10-14)20-27-17-6-2-1-5-15(17)19(28-20)26-12-13-4-3-9-25-11-13/h1-11,29H,12H2,(H,26,27,28). The first-order chi connectivity index (χ1) is 14.4. The fraction of sp³-hybridized carbons (Fsp3) is 0.0952. The Hall–Kier alpha value is -3.88. The summed E-state index contributed by atoms with van der Waals surface area (Å²) in [6, 6.07) is 14.1. The van der Waals surface area contributed by atoms with Gasteiger partial charge in [0.2, 0.25) is 0 Å². The molecule has 152 valence electrons. The second-order valence-electron chi connectivity index (χ2n) is 6.35. The third-order valence-corrected chi connectivity index (χ3v) is 4.23. The van der Waals surface area contributed by atoms with Gasteiger partial charge in [0, 0.05) is 24.3 Å². The number of para-hydroxylation sites is 1. The highest BCUT2D eigenvalue weighted by Gasteiger charge is 2.31.